The van der Waals surface area contributed by atoms with Crippen LogP contribution in [0.1, 0.15) is 64.5 Å². The molecule has 2 heteroatoms. The highest BCUT2D eigenvalue weighted by atomic mass is 16.3. The van der Waals surface area contributed by atoms with Gasteiger partial charge in [0.2, 0.25) is 0 Å². The molecule has 22 heavy (non-hydrogen) atoms. The summed E-state index contributed by atoms with van der Waals surface area (Å²) in [5.41, 5.74) is 0.803. The maximum atomic E-state index is 12.4. The van der Waals surface area contributed by atoms with Crippen molar-refractivity contribution in [3.8, 4) is 0 Å². The first kappa shape index (κ1) is 18.6. The Hall–Kier alpha value is -1.41. The first-order chi connectivity index (χ1) is 10.6. The van der Waals surface area contributed by atoms with Crippen LogP contribution in [0.15, 0.2) is 42.5 Å². The van der Waals surface area contributed by atoms with Crippen LogP contribution in [0.3, 0.4) is 0 Å². The van der Waals surface area contributed by atoms with Crippen molar-refractivity contribution in [3.63, 3.8) is 0 Å². The first-order valence-corrected chi connectivity index (χ1v) is 8.51. The van der Waals surface area contributed by atoms with E-state index in [1.165, 1.54) is 19.3 Å². The number of rotatable bonds is 10. The fourth-order valence-electron chi connectivity index (χ4n) is 2.53. The fraction of sp³-hybridized carbons (Fsp3) is 0.550. The third kappa shape index (κ3) is 6.15. The lowest BCUT2D eigenvalue weighted by Crippen LogP contribution is -2.24. The molecule has 1 N–H and O–H groups in total. The highest BCUT2D eigenvalue weighted by Crippen LogP contribution is 2.26. The molecule has 0 radical (unpaired) electrons. The molecule has 0 saturated carbocycles. The molecule has 1 rings (SSSR count). The van der Waals surface area contributed by atoms with Crippen molar-refractivity contribution in [3.05, 3.63) is 48.0 Å². The Morgan fingerprint density at radius 2 is 1.82 bits per heavy atom. The van der Waals surface area contributed by atoms with Gasteiger partial charge < -0.3 is 5.11 Å². The molecule has 0 spiro atoms. The number of benzene rings is 1. The largest absolute Gasteiger partial charge is 0.387 e. The van der Waals surface area contributed by atoms with Gasteiger partial charge in [0.05, 0.1) is 12.0 Å². The van der Waals surface area contributed by atoms with Crippen molar-refractivity contribution < 1.29 is 9.90 Å². The maximum Gasteiger partial charge on any atom is 0.145 e. The number of hydrogen-bond acceptors (Lipinski definition) is 2. The average Bonchev–Trinajstić information content (AvgIpc) is 2.54. The number of allylic oxidation sites excluding steroid dienone is 1. The van der Waals surface area contributed by atoms with Crippen LogP contribution < -0.4 is 0 Å². The molecule has 1 aromatic carbocycles. The topological polar surface area (TPSA) is 37.3 Å². The second-order valence-electron chi connectivity index (χ2n) is 6.22. The van der Waals surface area contributed by atoms with Gasteiger partial charge in [0.15, 0.2) is 0 Å². The standard InChI is InChI=1S/C20H30O2/c1-4-5-6-7-8-12-15-18(19(21)16(2)3)20(22)17-13-10-9-11-14-17/h9-16,18,20,22H,4-8H2,1-3H3. The van der Waals surface area contributed by atoms with E-state index in [9.17, 15) is 9.90 Å². The van der Waals surface area contributed by atoms with Crippen LogP contribution in [0.2, 0.25) is 0 Å². The van der Waals surface area contributed by atoms with Crippen LogP contribution in [-0.2, 0) is 4.79 Å². The van der Waals surface area contributed by atoms with Gasteiger partial charge in [-0.25, -0.2) is 0 Å². The summed E-state index contributed by atoms with van der Waals surface area (Å²) in [6.07, 6.45) is 9.05. The molecule has 0 fully saturated rings. The predicted octanol–water partition coefficient (Wildman–Crippen LogP) is 5.09. The van der Waals surface area contributed by atoms with Gasteiger partial charge in [0.25, 0.3) is 0 Å². The lowest BCUT2D eigenvalue weighted by molar-refractivity contribution is -0.127. The molecule has 2 atom stereocenters. The molecule has 2 unspecified atom stereocenters. The van der Waals surface area contributed by atoms with Gasteiger partial charge in [-0.3, -0.25) is 4.79 Å². The number of ketones is 1. The van der Waals surface area contributed by atoms with Crippen LogP contribution in [0.5, 0.6) is 0 Å². The zero-order valence-electron chi connectivity index (χ0n) is 14.2. The second kappa shape index (κ2) is 10.3. The van der Waals surface area contributed by atoms with E-state index in [1.54, 1.807) is 0 Å². The molecule has 1 aromatic rings. The molecule has 0 aliphatic rings. The van der Waals surface area contributed by atoms with Crippen LogP contribution in [-0.4, -0.2) is 10.9 Å². The molecule has 122 valence electrons. The smallest absolute Gasteiger partial charge is 0.145 e. The summed E-state index contributed by atoms with van der Waals surface area (Å²) in [4.78, 5) is 12.4. The minimum Gasteiger partial charge on any atom is -0.387 e. The molecule has 0 saturated heterocycles. The fourth-order valence-corrected chi connectivity index (χ4v) is 2.53. The molecule has 2 nitrogen and oxygen atoms in total. The molecule has 0 aliphatic heterocycles. The van der Waals surface area contributed by atoms with Crippen molar-refractivity contribution in [2.24, 2.45) is 11.8 Å². The summed E-state index contributed by atoms with van der Waals surface area (Å²) < 4.78 is 0. The van der Waals surface area contributed by atoms with Crippen LogP contribution in [0.25, 0.3) is 0 Å². The average molecular weight is 302 g/mol. The van der Waals surface area contributed by atoms with Gasteiger partial charge in [-0.1, -0.05) is 82.5 Å². The Bertz CT molecular complexity index is 448. The van der Waals surface area contributed by atoms with Gasteiger partial charge >= 0.3 is 0 Å². The normalized spacial score (nSPS) is 14.4. The number of carbonyl (C=O) groups excluding carboxylic acids is 1. The lowest BCUT2D eigenvalue weighted by atomic mass is 9.86. The summed E-state index contributed by atoms with van der Waals surface area (Å²) in [5.74, 6) is -0.428. The van der Waals surface area contributed by atoms with Crippen LogP contribution in [0.4, 0.5) is 0 Å². The number of carbonyl (C=O) groups is 1. The molecule has 0 amide bonds. The molecular weight excluding hydrogens is 272 g/mol. The van der Waals surface area contributed by atoms with Gasteiger partial charge in [-0.2, -0.15) is 0 Å². The predicted molar refractivity (Wildman–Crippen MR) is 92.6 cm³/mol. The number of aliphatic hydroxyl groups excluding tert-OH is 1. The quantitative estimate of drug-likeness (QED) is 0.483. The Labute approximate surface area is 135 Å². The van der Waals surface area contributed by atoms with E-state index in [2.05, 4.69) is 13.0 Å². The summed E-state index contributed by atoms with van der Waals surface area (Å²) in [6, 6.07) is 9.45. The molecule has 0 aromatic heterocycles. The highest BCUT2D eigenvalue weighted by molar-refractivity contribution is 5.85. The van der Waals surface area contributed by atoms with Gasteiger partial charge in [-0.05, 0) is 18.4 Å². The third-order valence-corrected chi connectivity index (χ3v) is 3.95. The second-order valence-corrected chi connectivity index (χ2v) is 6.22. The van der Waals surface area contributed by atoms with E-state index < -0.39 is 12.0 Å². The lowest BCUT2D eigenvalue weighted by Gasteiger charge is -2.21. The van der Waals surface area contributed by atoms with E-state index in [4.69, 9.17) is 0 Å². The van der Waals surface area contributed by atoms with Crippen molar-refractivity contribution in [1.29, 1.82) is 0 Å². The van der Waals surface area contributed by atoms with Crippen molar-refractivity contribution in [1.82, 2.24) is 0 Å². The summed E-state index contributed by atoms with van der Waals surface area (Å²) in [6.45, 7) is 5.98. The summed E-state index contributed by atoms with van der Waals surface area (Å²) in [7, 11) is 0. The molecule has 0 aliphatic carbocycles. The first-order valence-electron chi connectivity index (χ1n) is 8.51. The third-order valence-electron chi connectivity index (χ3n) is 3.95. The monoisotopic (exact) mass is 302 g/mol. The van der Waals surface area contributed by atoms with Gasteiger partial charge in [-0.15, -0.1) is 0 Å². The summed E-state index contributed by atoms with van der Waals surface area (Å²) in [5, 5.41) is 10.6. The molecule has 0 bridgehead atoms. The van der Waals surface area contributed by atoms with Crippen molar-refractivity contribution >= 4 is 5.78 Å². The SMILES string of the molecule is CCCCCCC=CC(C(=O)C(C)C)C(O)c1ccccc1. The minimum atomic E-state index is -0.761. The van der Waals surface area contributed by atoms with Crippen molar-refractivity contribution in [2.75, 3.05) is 0 Å². The Balaban J connectivity index is 2.72. The van der Waals surface area contributed by atoms with E-state index in [-0.39, 0.29) is 11.7 Å². The number of unbranched alkanes of at least 4 members (excludes halogenated alkanes) is 4. The Morgan fingerprint density at radius 1 is 1.14 bits per heavy atom. The van der Waals surface area contributed by atoms with Crippen LogP contribution in [0, 0.1) is 11.8 Å². The summed E-state index contributed by atoms with van der Waals surface area (Å²) >= 11 is 0. The van der Waals surface area contributed by atoms with E-state index in [0.29, 0.717) is 0 Å². The van der Waals surface area contributed by atoms with Gasteiger partial charge in [0.1, 0.15) is 5.78 Å². The minimum absolute atomic E-state index is 0.0758. The van der Waals surface area contributed by atoms with Crippen molar-refractivity contribution in [2.45, 2.75) is 59.0 Å². The Kier molecular flexibility index (Phi) is 8.76. The van der Waals surface area contributed by atoms with E-state index in [1.807, 2.05) is 50.3 Å². The number of Topliss-reactive ketones (excluding diaryl/α,β-unsaturated/α-hetero) is 1. The van der Waals surface area contributed by atoms with Crippen LogP contribution >= 0.6 is 0 Å². The number of hydrogen-bond donors (Lipinski definition) is 1. The highest BCUT2D eigenvalue weighted by Gasteiger charge is 2.27. The van der Waals surface area contributed by atoms with E-state index >= 15 is 0 Å². The zero-order chi connectivity index (χ0) is 16.4. The zero-order valence-corrected chi connectivity index (χ0v) is 14.2. The maximum absolute atomic E-state index is 12.4. The van der Waals surface area contributed by atoms with E-state index in [0.717, 1.165) is 18.4 Å². The van der Waals surface area contributed by atoms with Gasteiger partial charge in [0, 0.05) is 5.92 Å². The molecule has 0 heterocycles. The molecular formula is C20H30O2. The Morgan fingerprint density at radius 3 is 2.41 bits per heavy atom. The number of aliphatic hydroxyl groups is 1.